The van der Waals surface area contributed by atoms with E-state index >= 15 is 0 Å². The van der Waals surface area contributed by atoms with Crippen molar-refractivity contribution >= 4 is 11.9 Å². The number of carbonyl (C=O) groups excluding carboxylic acids is 2. The second-order valence-electron chi connectivity index (χ2n) is 16.9. The first kappa shape index (κ1) is 36.2. The summed E-state index contributed by atoms with van der Waals surface area (Å²) in [5.41, 5.74) is 5.96. The fourth-order valence-corrected chi connectivity index (χ4v) is 11.1. The second kappa shape index (κ2) is 15.2. The highest BCUT2D eigenvalue weighted by molar-refractivity contribution is 5.77. The van der Waals surface area contributed by atoms with E-state index in [-0.39, 0.29) is 41.5 Å². The topological polar surface area (TPSA) is 79.3 Å². The predicted octanol–water partition coefficient (Wildman–Crippen LogP) is 7.86. The SMILES string of the molecule is CC(=O)Oc1ccc2c3c1O[C@H]1[C@H](N(CC(c4ccccc4)c4ccccc4)C(=O)CCCCCc4ccccc4)CC[C@H]4[C@@H](C2)N(CC2CC2O)CC[C@@]341. The molecule has 2 unspecified atom stereocenters. The summed E-state index contributed by atoms with van der Waals surface area (Å²) in [6.07, 6.45) is 8.60. The fraction of sp³-hybridized carbons (Fsp3) is 0.458. The van der Waals surface area contributed by atoms with Gasteiger partial charge in [0.05, 0.1) is 12.1 Å². The normalized spacial score (nSPS) is 27.3. The summed E-state index contributed by atoms with van der Waals surface area (Å²) in [4.78, 5) is 32.3. The number of benzene rings is 4. The Morgan fingerprint density at radius 1 is 0.909 bits per heavy atom. The van der Waals surface area contributed by atoms with Gasteiger partial charge in [0.15, 0.2) is 11.5 Å². The van der Waals surface area contributed by atoms with Gasteiger partial charge in [-0.05, 0) is 92.1 Å². The molecule has 1 saturated heterocycles. The Bertz CT molecular complexity index is 1950. The lowest BCUT2D eigenvalue weighted by Crippen LogP contribution is -2.69. The molecule has 7 atom stereocenters. The molecule has 5 aliphatic rings. The van der Waals surface area contributed by atoms with Crippen molar-refractivity contribution in [2.24, 2.45) is 11.8 Å². The van der Waals surface area contributed by atoms with E-state index in [1.165, 1.54) is 34.7 Å². The molecule has 4 aromatic carbocycles. The van der Waals surface area contributed by atoms with Gasteiger partial charge in [-0.1, -0.05) is 103 Å². The van der Waals surface area contributed by atoms with Gasteiger partial charge in [-0.2, -0.15) is 0 Å². The molecular formula is C48H54N2O5. The number of aliphatic hydroxyl groups is 1. The monoisotopic (exact) mass is 738 g/mol. The average molecular weight is 739 g/mol. The molecule has 4 aromatic rings. The van der Waals surface area contributed by atoms with E-state index < -0.39 is 0 Å². The number of aryl methyl sites for hydroxylation is 1. The smallest absolute Gasteiger partial charge is 0.308 e. The van der Waals surface area contributed by atoms with Crippen LogP contribution < -0.4 is 9.47 Å². The Hall–Kier alpha value is -4.46. The molecule has 2 aliphatic heterocycles. The van der Waals surface area contributed by atoms with Crippen LogP contribution in [-0.4, -0.2) is 70.7 Å². The first-order chi connectivity index (χ1) is 26.9. The molecule has 3 aliphatic carbocycles. The zero-order valence-corrected chi connectivity index (χ0v) is 32.0. The lowest BCUT2D eigenvalue weighted by atomic mass is 9.51. The van der Waals surface area contributed by atoms with E-state index in [1.54, 1.807) is 0 Å². The van der Waals surface area contributed by atoms with E-state index in [0.717, 1.165) is 76.6 Å². The largest absolute Gasteiger partial charge is 0.483 e. The summed E-state index contributed by atoms with van der Waals surface area (Å²) >= 11 is 0. The minimum absolute atomic E-state index is 0.00141. The first-order valence-electron chi connectivity index (χ1n) is 20.8. The zero-order chi connectivity index (χ0) is 37.5. The maximum Gasteiger partial charge on any atom is 0.308 e. The number of rotatable bonds is 14. The summed E-state index contributed by atoms with van der Waals surface area (Å²) in [6, 6.07) is 36.2. The highest BCUT2D eigenvalue weighted by Gasteiger charge is 2.67. The molecule has 55 heavy (non-hydrogen) atoms. The number of aliphatic hydroxyl groups excluding tert-OH is 1. The van der Waals surface area contributed by atoms with Gasteiger partial charge in [0.25, 0.3) is 0 Å². The third-order valence-electron chi connectivity index (χ3n) is 13.7. The molecule has 1 N–H and O–H groups in total. The molecule has 7 nitrogen and oxygen atoms in total. The van der Waals surface area contributed by atoms with Gasteiger partial charge in [-0.15, -0.1) is 0 Å². The van der Waals surface area contributed by atoms with Gasteiger partial charge in [0, 0.05) is 55.3 Å². The van der Waals surface area contributed by atoms with Gasteiger partial charge in [-0.3, -0.25) is 14.5 Å². The van der Waals surface area contributed by atoms with E-state index in [1.807, 2.05) is 6.07 Å². The van der Waals surface area contributed by atoms with Crippen LogP contribution in [-0.2, 0) is 27.8 Å². The zero-order valence-electron chi connectivity index (χ0n) is 32.0. The second-order valence-corrected chi connectivity index (χ2v) is 16.9. The number of hydrogen-bond donors (Lipinski definition) is 1. The molecule has 2 heterocycles. The third kappa shape index (κ3) is 6.88. The van der Waals surface area contributed by atoms with Crippen molar-refractivity contribution in [3.8, 4) is 11.5 Å². The third-order valence-corrected chi connectivity index (χ3v) is 13.7. The van der Waals surface area contributed by atoms with Crippen molar-refractivity contribution in [1.29, 1.82) is 0 Å². The Morgan fingerprint density at radius 3 is 2.27 bits per heavy atom. The van der Waals surface area contributed by atoms with Crippen LogP contribution in [0.5, 0.6) is 11.5 Å². The van der Waals surface area contributed by atoms with Gasteiger partial charge < -0.3 is 19.5 Å². The van der Waals surface area contributed by atoms with E-state index in [0.29, 0.717) is 36.6 Å². The molecule has 1 spiro atoms. The van der Waals surface area contributed by atoms with Gasteiger partial charge in [0.1, 0.15) is 6.10 Å². The lowest BCUT2D eigenvalue weighted by molar-refractivity contribution is -0.143. The number of likely N-dealkylation sites (tertiary alicyclic amines) is 1. The van der Waals surface area contributed by atoms with Crippen LogP contribution in [0, 0.1) is 11.8 Å². The van der Waals surface area contributed by atoms with E-state index in [4.69, 9.17) is 9.47 Å². The Kier molecular flexibility index (Phi) is 10.0. The van der Waals surface area contributed by atoms with Crippen molar-refractivity contribution in [1.82, 2.24) is 9.80 Å². The lowest BCUT2D eigenvalue weighted by Gasteiger charge is -2.60. The van der Waals surface area contributed by atoms with Crippen molar-refractivity contribution in [2.45, 2.75) is 107 Å². The molecular weight excluding hydrogens is 685 g/mol. The predicted molar refractivity (Wildman–Crippen MR) is 213 cm³/mol. The molecule has 3 fully saturated rings. The number of carbonyl (C=O) groups is 2. The molecule has 9 rings (SSSR count). The minimum Gasteiger partial charge on any atom is -0.483 e. The number of unbranched alkanes of at least 4 members (excludes halogenated alkanes) is 2. The number of amides is 1. The van der Waals surface area contributed by atoms with Crippen LogP contribution in [0.4, 0.5) is 0 Å². The molecule has 7 heteroatoms. The van der Waals surface area contributed by atoms with Crippen LogP contribution in [0.15, 0.2) is 103 Å². The summed E-state index contributed by atoms with van der Waals surface area (Å²) in [7, 11) is 0. The fourth-order valence-electron chi connectivity index (χ4n) is 11.1. The van der Waals surface area contributed by atoms with Crippen LogP contribution in [0.1, 0.15) is 92.0 Å². The number of esters is 1. The highest BCUT2D eigenvalue weighted by Crippen LogP contribution is 2.64. The van der Waals surface area contributed by atoms with E-state index in [2.05, 4.69) is 107 Å². The van der Waals surface area contributed by atoms with Crippen molar-refractivity contribution < 1.29 is 24.2 Å². The number of piperidine rings is 1. The number of hydrogen-bond acceptors (Lipinski definition) is 6. The van der Waals surface area contributed by atoms with Crippen LogP contribution in [0.3, 0.4) is 0 Å². The average Bonchev–Trinajstić information content (AvgIpc) is 3.79. The van der Waals surface area contributed by atoms with Crippen LogP contribution >= 0.6 is 0 Å². The van der Waals surface area contributed by atoms with Crippen molar-refractivity contribution in [2.75, 3.05) is 19.6 Å². The minimum atomic E-state index is -0.357. The molecule has 0 radical (unpaired) electrons. The summed E-state index contributed by atoms with van der Waals surface area (Å²) in [5.74, 6) is 1.77. The summed E-state index contributed by atoms with van der Waals surface area (Å²) in [5, 5.41) is 10.3. The van der Waals surface area contributed by atoms with Gasteiger partial charge in [-0.25, -0.2) is 0 Å². The highest BCUT2D eigenvalue weighted by atomic mass is 16.6. The molecule has 2 saturated carbocycles. The molecule has 0 aromatic heterocycles. The Labute approximate surface area is 325 Å². The molecule has 2 bridgehead atoms. The van der Waals surface area contributed by atoms with Crippen LogP contribution in [0.25, 0.3) is 0 Å². The maximum atomic E-state index is 15.0. The van der Waals surface area contributed by atoms with E-state index in [9.17, 15) is 14.7 Å². The van der Waals surface area contributed by atoms with Gasteiger partial charge in [0.2, 0.25) is 5.91 Å². The maximum absolute atomic E-state index is 15.0. The van der Waals surface area contributed by atoms with Crippen molar-refractivity contribution in [3.63, 3.8) is 0 Å². The standard InChI is InChI=1S/C48H54N2O5/c1-32(51)54-43-25-22-36-28-41-39-23-24-40(47-48(39,45(36)46(43)55-47)26-27-49(41)30-37-29-42(37)52)50(44(53)21-13-3-8-16-33-14-6-2-7-15-33)31-38(34-17-9-4-10-18-34)35-19-11-5-12-20-35/h2,4-7,9-12,14-15,17-20,22,25,37-42,47,52H,3,8,13,16,21,23-24,26-31H2,1H3/t37?,39-,40+,41+,42?,47-,48-/m0/s1. The molecule has 1 amide bonds. The van der Waals surface area contributed by atoms with Gasteiger partial charge >= 0.3 is 5.97 Å². The van der Waals surface area contributed by atoms with Crippen LogP contribution in [0.2, 0.25) is 0 Å². The quantitative estimate of drug-likeness (QED) is 0.0807. The van der Waals surface area contributed by atoms with Crippen molar-refractivity contribution in [3.05, 3.63) is 131 Å². The summed E-state index contributed by atoms with van der Waals surface area (Å²) in [6.45, 7) is 3.88. The Balaban J connectivity index is 1.06. The summed E-state index contributed by atoms with van der Waals surface area (Å²) < 4.78 is 13.1. The Morgan fingerprint density at radius 2 is 1.60 bits per heavy atom. The molecule has 286 valence electrons. The number of nitrogens with zero attached hydrogens (tertiary/aromatic N) is 2. The first-order valence-corrected chi connectivity index (χ1v) is 20.8. The number of ether oxygens (including phenoxy) is 2.